The van der Waals surface area contributed by atoms with E-state index in [0.717, 1.165) is 22.4 Å². The summed E-state index contributed by atoms with van der Waals surface area (Å²) in [6, 6.07) is 3.65. The van der Waals surface area contributed by atoms with E-state index in [0.29, 0.717) is 43.4 Å². The van der Waals surface area contributed by atoms with Crippen molar-refractivity contribution in [3.63, 3.8) is 0 Å². The number of nitrogens with one attached hydrogen (secondary N) is 1. The van der Waals surface area contributed by atoms with Crippen LogP contribution in [0.3, 0.4) is 0 Å². The van der Waals surface area contributed by atoms with Gasteiger partial charge in [0.25, 0.3) is 5.90 Å². The Balaban J connectivity index is 2.77. The van der Waals surface area contributed by atoms with E-state index in [2.05, 4.69) is 16.6 Å². The van der Waals surface area contributed by atoms with Crippen LogP contribution in [0.15, 0.2) is 41.3 Å². The Morgan fingerprint density at radius 1 is 1.28 bits per heavy atom. The summed E-state index contributed by atoms with van der Waals surface area (Å²) in [5.74, 6) is 2.06. The number of hydrogen-bond acceptors (Lipinski definition) is 6. The maximum absolute atomic E-state index is 13.0. The fourth-order valence-corrected chi connectivity index (χ4v) is 2.49. The minimum Gasteiger partial charge on any atom is -0.493 e. The molecule has 0 unspecified atom stereocenters. The second-order valence-electron chi connectivity index (χ2n) is 6.95. The standard InChI is InChI=1S/C21H29F2N3O3/c1-13(2)10-18(28-25)8-7-9-27-19-14(3)11-17(12-15(19)4)16(5)26-29-20(24)21(6,22)23/h10-12,24H,1,7-9,25H2,2-6H3/b18-10-,24-20?,26-16+. The van der Waals surface area contributed by atoms with E-state index in [1.165, 1.54) is 0 Å². The minimum absolute atomic E-state index is 0.381. The summed E-state index contributed by atoms with van der Waals surface area (Å²) < 4.78 is 31.8. The smallest absolute Gasteiger partial charge is 0.321 e. The molecule has 0 aliphatic carbocycles. The molecule has 3 N–H and O–H groups in total. The Morgan fingerprint density at radius 2 is 1.86 bits per heavy atom. The molecular weight excluding hydrogens is 380 g/mol. The summed E-state index contributed by atoms with van der Waals surface area (Å²) >= 11 is 0. The summed E-state index contributed by atoms with van der Waals surface area (Å²) in [5.41, 5.74) is 3.68. The van der Waals surface area contributed by atoms with Gasteiger partial charge in [0.15, 0.2) is 0 Å². The maximum atomic E-state index is 13.0. The molecule has 0 aliphatic heterocycles. The van der Waals surface area contributed by atoms with Crippen molar-refractivity contribution >= 4 is 11.6 Å². The largest absolute Gasteiger partial charge is 0.493 e. The zero-order valence-electron chi connectivity index (χ0n) is 17.6. The van der Waals surface area contributed by atoms with Crippen LogP contribution in [0, 0.1) is 19.3 Å². The quantitative estimate of drug-likeness (QED) is 0.139. The number of ether oxygens (including phenoxy) is 1. The van der Waals surface area contributed by atoms with Crippen molar-refractivity contribution in [2.75, 3.05) is 6.61 Å². The first-order chi connectivity index (χ1) is 13.5. The van der Waals surface area contributed by atoms with Gasteiger partial charge in [-0.2, -0.15) is 14.7 Å². The van der Waals surface area contributed by atoms with Gasteiger partial charge in [0, 0.05) is 13.3 Å². The molecule has 0 spiro atoms. The van der Waals surface area contributed by atoms with Crippen LogP contribution >= 0.6 is 0 Å². The summed E-state index contributed by atoms with van der Waals surface area (Å²) in [7, 11) is 0. The van der Waals surface area contributed by atoms with E-state index in [4.69, 9.17) is 20.9 Å². The highest BCUT2D eigenvalue weighted by atomic mass is 19.3. The Bertz CT molecular complexity index is 789. The van der Waals surface area contributed by atoms with Crippen LogP contribution < -0.4 is 10.6 Å². The predicted octanol–water partition coefficient (Wildman–Crippen LogP) is 5.19. The van der Waals surface area contributed by atoms with E-state index < -0.39 is 11.8 Å². The molecule has 0 radical (unpaired) electrons. The molecular formula is C21H29F2N3O3. The van der Waals surface area contributed by atoms with Crippen LogP contribution in [-0.4, -0.2) is 24.1 Å². The Labute approximate surface area is 170 Å². The summed E-state index contributed by atoms with van der Waals surface area (Å²) in [6.07, 6.45) is 3.11. The maximum Gasteiger partial charge on any atom is 0.321 e. The van der Waals surface area contributed by atoms with Crippen molar-refractivity contribution in [2.45, 2.75) is 53.4 Å². The molecule has 0 bridgehead atoms. The van der Waals surface area contributed by atoms with Crippen LogP contribution in [0.4, 0.5) is 8.78 Å². The second-order valence-corrected chi connectivity index (χ2v) is 6.95. The third-order valence-electron chi connectivity index (χ3n) is 3.92. The van der Waals surface area contributed by atoms with Crippen LogP contribution in [0.1, 0.15) is 50.3 Å². The predicted molar refractivity (Wildman–Crippen MR) is 110 cm³/mol. The molecule has 0 fully saturated rings. The third-order valence-corrected chi connectivity index (χ3v) is 3.92. The zero-order valence-corrected chi connectivity index (χ0v) is 17.6. The average Bonchev–Trinajstić information content (AvgIpc) is 2.62. The van der Waals surface area contributed by atoms with Gasteiger partial charge in [-0.3, -0.25) is 5.41 Å². The highest BCUT2D eigenvalue weighted by Crippen LogP contribution is 2.26. The second kappa shape index (κ2) is 10.7. The summed E-state index contributed by atoms with van der Waals surface area (Å²) in [4.78, 5) is 9.35. The molecule has 0 heterocycles. The number of nitrogens with zero attached hydrogens (tertiary/aromatic N) is 1. The van der Waals surface area contributed by atoms with Crippen LogP contribution in [0.5, 0.6) is 5.75 Å². The molecule has 1 rings (SSSR count). The van der Waals surface area contributed by atoms with E-state index in [9.17, 15) is 8.78 Å². The molecule has 0 atom stereocenters. The lowest BCUT2D eigenvalue weighted by Crippen LogP contribution is -2.24. The zero-order chi connectivity index (χ0) is 22.2. The van der Waals surface area contributed by atoms with Crippen molar-refractivity contribution in [3.05, 3.63) is 52.8 Å². The number of oxime groups is 1. The molecule has 0 amide bonds. The molecule has 1 aromatic carbocycles. The number of halogens is 2. The summed E-state index contributed by atoms with van der Waals surface area (Å²) in [6.45, 7) is 12.1. The molecule has 160 valence electrons. The molecule has 8 heteroatoms. The van der Waals surface area contributed by atoms with Crippen molar-refractivity contribution in [1.82, 2.24) is 0 Å². The molecule has 0 aromatic heterocycles. The summed E-state index contributed by atoms with van der Waals surface area (Å²) in [5, 5.41) is 10.8. The van der Waals surface area contributed by atoms with E-state index >= 15 is 0 Å². The number of hydrogen-bond donors (Lipinski definition) is 2. The first kappa shape index (κ1) is 24.3. The highest BCUT2D eigenvalue weighted by molar-refractivity contribution is 5.99. The van der Waals surface area contributed by atoms with E-state index in [1.807, 2.05) is 32.9 Å². The highest BCUT2D eigenvalue weighted by Gasteiger charge is 2.31. The number of aryl methyl sites for hydroxylation is 2. The van der Waals surface area contributed by atoms with Crippen LogP contribution in [0.2, 0.25) is 0 Å². The fourth-order valence-electron chi connectivity index (χ4n) is 2.49. The van der Waals surface area contributed by atoms with E-state index in [1.54, 1.807) is 13.0 Å². The van der Waals surface area contributed by atoms with Gasteiger partial charge in [0.05, 0.1) is 12.3 Å². The molecule has 1 aromatic rings. The Kier molecular flexibility index (Phi) is 8.97. The fraction of sp³-hybridized carbons (Fsp3) is 0.429. The Morgan fingerprint density at radius 3 is 2.34 bits per heavy atom. The Hall–Kier alpha value is -2.74. The lowest BCUT2D eigenvalue weighted by molar-refractivity contribution is 0.0645. The van der Waals surface area contributed by atoms with Gasteiger partial charge in [-0.25, -0.2) is 0 Å². The van der Waals surface area contributed by atoms with Gasteiger partial charge in [0.2, 0.25) is 0 Å². The van der Waals surface area contributed by atoms with Gasteiger partial charge >= 0.3 is 5.92 Å². The van der Waals surface area contributed by atoms with Gasteiger partial charge in [-0.05, 0) is 69.0 Å². The normalized spacial score (nSPS) is 12.6. The number of allylic oxidation sites excluding steroid dienone is 3. The van der Waals surface area contributed by atoms with Gasteiger partial charge in [0.1, 0.15) is 11.5 Å². The van der Waals surface area contributed by atoms with Crippen LogP contribution in [-0.2, 0) is 9.68 Å². The van der Waals surface area contributed by atoms with Crippen molar-refractivity contribution < 1.29 is 23.2 Å². The lowest BCUT2D eigenvalue weighted by atomic mass is 10.0. The average molecular weight is 409 g/mol. The first-order valence-electron chi connectivity index (χ1n) is 9.11. The monoisotopic (exact) mass is 409 g/mol. The topological polar surface area (TPSA) is 89.9 Å². The number of alkyl halides is 2. The molecule has 29 heavy (non-hydrogen) atoms. The van der Waals surface area contributed by atoms with E-state index in [-0.39, 0.29) is 0 Å². The van der Waals surface area contributed by atoms with Crippen molar-refractivity contribution in [1.29, 1.82) is 5.41 Å². The molecule has 0 saturated carbocycles. The van der Waals surface area contributed by atoms with Crippen molar-refractivity contribution in [2.24, 2.45) is 11.1 Å². The number of nitrogens with two attached hydrogens (primary N) is 1. The van der Waals surface area contributed by atoms with Crippen molar-refractivity contribution in [3.8, 4) is 5.75 Å². The lowest BCUT2D eigenvalue weighted by Gasteiger charge is -2.15. The molecule has 0 saturated heterocycles. The third kappa shape index (κ3) is 8.03. The SMILES string of the molecule is C=C(C)/C=C(/CCCOc1c(C)cc(/C(C)=N/OC(=N)C(C)(F)F)cc1C)ON. The number of benzene rings is 1. The van der Waals surface area contributed by atoms with Gasteiger partial charge in [-0.15, -0.1) is 0 Å². The van der Waals surface area contributed by atoms with Gasteiger partial charge in [-0.1, -0.05) is 17.3 Å². The van der Waals surface area contributed by atoms with Crippen LogP contribution in [0.25, 0.3) is 0 Å². The molecule has 6 nitrogen and oxygen atoms in total. The van der Waals surface area contributed by atoms with Gasteiger partial charge < -0.3 is 14.4 Å². The molecule has 0 aliphatic rings. The first-order valence-corrected chi connectivity index (χ1v) is 9.11. The number of rotatable bonds is 10. The minimum atomic E-state index is -3.37.